The summed E-state index contributed by atoms with van der Waals surface area (Å²) in [5, 5.41) is 9.09. The highest BCUT2D eigenvalue weighted by molar-refractivity contribution is 6.03. The molecule has 25 heavy (non-hydrogen) atoms. The largest absolute Gasteiger partial charge is 0.493 e. The van der Waals surface area contributed by atoms with Gasteiger partial charge >= 0.3 is 0 Å². The lowest BCUT2D eigenvalue weighted by Gasteiger charge is -2.07. The summed E-state index contributed by atoms with van der Waals surface area (Å²) < 4.78 is 24.1. The summed E-state index contributed by atoms with van der Waals surface area (Å²) in [7, 11) is 3.07. The molecule has 0 aliphatic heterocycles. The molecule has 3 rings (SSSR count). The van der Waals surface area contributed by atoms with Crippen LogP contribution in [0.4, 0.5) is 10.3 Å². The summed E-state index contributed by atoms with van der Waals surface area (Å²) in [5.74, 6) is 0.335. The number of methoxy groups -OCH3 is 2. The van der Waals surface area contributed by atoms with E-state index in [9.17, 15) is 9.18 Å². The Labute approximate surface area is 142 Å². The highest BCUT2D eigenvalue weighted by atomic mass is 19.1. The van der Waals surface area contributed by atoms with Crippen LogP contribution >= 0.6 is 0 Å². The second-order valence-electron chi connectivity index (χ2n) is 5.01. The molecule has 0 radical (unpaired) electrons. The van der Waals surface area contributed by atoms with Gasteiger partial charge in [-0.1, -0.05) is 12.1 Å². The van der Waals surface area contributed by atoms with E-state index in [1.807, 2.05) is 0 Å². The van der Waals surface area contributed by atoms with Crippen LogP contribution in [0.1, 0.15) is 10.4 Å². The molecular formula is C17H15FN4O3. The molecule has 0 unspecified atom stereocenters. The summed E-state index contributed by atoms with van der Waals surface area (Å²) in [4.78, 5) is 16.3. The van der Waals surface area contributed by atoms with Crippen LogP contribution < -0.4 is 14.8 Å². The van der Waals surface area contributed by atoms with Gasteiger partial charge < -0.3 is 9.47 Å². The summed E-state index contributed by atoms with van der Waals surface area (Å²) in [6.45, 7) is 0. The minimum atomic E-state index is -0.629. The molecule has 8 heteroatoms. The number of ether oxygens (including phenoxy) is 2. The van der Waals surface area contributed by atoms with Crippen molar-refractivity contribution in [1.29, 1.82) is 0 Å². The average Bonchev–Trinajstić information content (AvgIpc) is 3.09. The number of benzene rings is 2. The van der Waals surface area contributed by atoms with Crippen molar-refractivity contribution in [3.63, 3.8) is 0 Å². The number of hydrogen-bond acceptors (Lipinski definition) is 5. The quantitative estimate of drug-likeness (QED) is 0.744. The first-order chi connectivity index (χ1) is 12.1. The van der Waals surface area contributed by atoms with Gasteiger partial charge in [0.1, 0.15) is 5.82 Å². The van der Waals surface area contributed by atoms with E-state index in [1.54, 1.807) is 31.4 Å². The van der Waals surface area contributed by atoms with E-state index >= 15 is 0 Å². The summed E-state index contributed by atoms with van der Waals surface area (Å²) in [5.41, 5.74) is 0.608. The Balaban J connectivity index is 1.81. The second-order valence-corrected chi connectivity index (χ2v) is 5.01. The van der Waals surface area contributed by atoms with E-state index in [2.05, 4.69) is 20.5 Å². The molecule has 3 aromatic rings. The van der Waals surface area contributed by atoms with Crippen LogP contribution in [0.15, 0.2) is 42.5 Å². The zero-order valence-electron chi connectivity index (χ0n) is 13.5. The van der Waals surface area contributed by atoms with Gasteiger partial charge in [-0.15, -0.1) is 5.10 Å². The highest BCUT2D eigenvalue weighted by Gasteiger charge is 2.15. The molecule has 0 aliphatic carbocycles. The number of aromatic amines is 1. The van der Waals surface area contributed by atoms with Crippen LogP contribution in [0.3, 0.4) is 0 Å². The minimum Gasteiger partial charge on any atom is -0.493 e. The average molecular weight is 342 g/mol. The van der Waals surface area contributed by atoms with Crippen molar-refractivity contribution in [1.82, 2.24) is 15.2 Å². The Morgan fingerprint density at radius 1 is 1.12 bits per heavy atom. The lowest BCUT2D eigenvalue weighted by Crippen LogP contribution is -2.14. The first kappa shape index (κ1) is 16.4. The molecule has 1 heterocycles. The van der Waals surface area contributed by atoms with Crippen LogP contribution in [0.2, 0.25) is 0 Å². The highest BCUT2D eigenvalue weighted by Crippen LogP contribution is 2.31. The van der Waals surface area contributed by atoms with Gasteiger partial charge in [-0.3, -0.25) is 15.2 Å². The molecule has 0 saturated carbocycles. The Bertz CT molecular complexity index is 910. The fraction of sp³-hybridized carbons (Fsp3) is 0.118. The van der Waals surface area contributed by atoms with Gasteiger partial charge in [0.2, 0.25) is 5.95 Å². The number of rotatable bonds is 5. The molecule has 0 atom stereocenters. The molecule has 0 bridgehead atoms. The van der Waals surface area contributed by atoms with Gasteiger partial charge in [0.25, 0.3) is 5.91 Å². The number of hydrogen-bond donors (Lipinski definition) is 2. The topological polar surface area (TPSA) is 89.1 Å². The number of carbonyl (C=O) groups excluding carboxylic acids is 1. The lowest BCUT2D eigenvalue weighted by atomic mass is 10.2. The number of halogens is 1. The van der Waals surface area contributed by atoms with Crippen molar-refractivity contribution in [2.75, 3.05) is 19.5 Å². The number of carbonyl (C=O) groups is 1. The molecule has 2 N–H and O–H groups in total. The maximum atomic E-state index is 13.6. The van der Waals surface area contributed by atoms with Crippen LogP contribution in [-0.4, -0.2) is 35.3 Å². The number of anilines is 1. The first-order valence-corrected chi connectivity index (χ1v) is 7.33. The maximum Gasteiger partial charge on any atom is 0.261 e. The lowest BCUT2D eigenvalue weighted by molar-refractivity contribution is 0.102. The molecule has 0 saturated heterocycles. The van der Waals surface area contributed by atoms with E-state index < -0.39 is 11.7 Å². The fourth-order valence-electron chi connectivity index (χ4n) is 2.24. The zero-order chi connectivity index (χ0) is 17.8. The maximum absolute atomic E-state index is 13.6. The third kappa shape index (κ3) is 3.42. The molecule has 128 valence electrons. The second kappa shape index (κ2) is 7.00. The molecular weight excluding hydrogens is 327 g/mol. The third-order valence-electron chi connectivity index (χ3n) is 3.49. The zero-order valence-corrected chi connectivity index (χ0v) is 13.5. The SMILES string of the molecule is COc1ccc(-c2nc(NC(=O)c3ccccc3F)n[nH]2)cc1OC. The van der Waals surface area contributed by atoms with Crippen LogP contribution in [0.5, 0.6) is 11.5 Å². The minimum absolute atomic E-state index is 0.0398. The molecule has 1 amide bonds. The standard InChI is InChI=1S/C17H15FN4O3/c1-24-13-8-7-10(9-14(13)25-2)15-19-17(22-21-15)20-16(23)11-5-3-4-6-12(11)18/h3-9H,1-2H3,(H2,19,20,21,22,23). The van der Waals surface area contributed by atoms with Crippen LogP contribution in [0.25, 0.3) is 11.4 Å². The van der Waals surface area contributed by atoms with E-state index in [-0.39, 0.29) is 11.5 Å². The number of nitrogens with one attached hydrogen (secondary N) is 2. The van der Waals surface area contributed by atoms with Crippen molar-refractivity contribution >= 4 is 11.9 Å². The van der Waals surface area contributed by atoms with Crippen molar-refractivity contribution in [2.45, 2.75) is 0 Å². The van der Waals surface area contributed by atoms with E-state index in [0.29, 0.717) is 22.9 Å². The van der Waals surface area contributed by atoms with E-state index in [0.717, 1.165) is 0 Å². The molecule has 0 aliphatic rings. The number of nitrogens with zero attached hydrogens (tertiary/aromatic N) is 2. The predicted octanol–water partition coefficient (Wildman–Crippen LogP) is 2.88. The molecule has 2 aromatic carbocycles. The van der Waals surface area contributed by atoms with E-state index in [1.165, 1.54) is 25.3 Å². The fourth-order valence-corrected chi connectivity index (χ4v) is 2.24. The van der Waals surface area contributed by atoms with Crippen molar-refractivity contribution in [3.8, 4) is 22.9 Å². The third-order valence-corrected chi connectivity index (χ3v) is 3.49. The monoisotopic (exact) mass is 342 g/mol. The van der Waals surface area contributed by atoms with Gasteiger partial charge in [0.15, 0.2) is 17.3 Å². The Morgan fingerprint density at radius 3 is 2.60 bits per heavy atom. The number of amides is 1. The molecule has 1 aromatic heterocycles. The number of aromatic nitrogens is 3. The predicted molar refractivity (Wildman–Crippen MR) is 89.3 cm³/mol. The van der Waals surface area contributed by atoms with Crippen LogP contribution in [-0.2, 0) is 0 Å². The van der Waals surface area contributed by atoms with Gasteiger partial charge in [-0.25, -0.2) is 4.39 Å². The molecule has 0 fully saturated rings. The Morgan fingerprint density at radius 2 is 1.88 bits per heavy atom. The first-order valence-electron chi connectivity index (χ1n) is 7.33. The summed E-state index contributed by atoms with van der Waals surface area (Å²) in [6.07, 6.45) is 0. The van der Waals surface area contributed by atoms with Gasteiger partial charge in [-0.2, -0.15) is 4.98 Å². The van der Waals surface area contributed by atoms with E-state index in [4.69, 9.17) is 9.47 Å². The normalized spacial score (nSPS) is 10.4. The van der Waals surface area contributed by atoms with Crippen molar-refractivity contribution in [3.05, 3.63) is 53.8 Å². The molecule has 7 nitrogen and oxygen atoms in total. The van der Waals surface area contributed by atoms with Gasteiger partial charge in [0, 0.05) is 5.56 Å². The summed E-state index contributed by atoms with van der Waals surface area (Å²) in [6, 6.07) is 10.9. The van der Waals surface area contributed by atoms with Crippen LogP contribution in [0, 0.1) is 5.82 Å². The van der Waals surface area contributed by atoms with Crippen molar-refractivity contribution in [2.24, 2.45) is 0 Å². The number of H-pyrrole nitrogens is 1. The summed E-state index contributed by atoms with van der Waals surface area (Å²) >= 11 is 0. The Hall–Kier alpha value is -3.42. The molecule has 0 spiro atoms. The Kier molecular flexibility index (Phi) is 4.60. The van der Waals surface area contributed by atoms with Gasteiger partial charge in [0.05, 0.1) is 19.8 Å². The van der Waals surface area contributed by atoms with Crippen molar-refractivity contribution < 1.29 is 18.7 Å². The smallest absolute Gasteiger partial charge is 0.261 e. The van der Waals surface area contributed by atoms with Gasteiger partial charge in [-0.05, 0) is 30.3 Å².